The molecule has 0 spiro atoms. The van der Waals surface area contributed by atoms with Crippen LogP contribution in [0.4, 0.5) is 0 Å². The molecule has 0 amide bonds. The number of rotatable bonds is 3. The van der Waals surface area contributed by atoms with Gasteiger partial charge in [-0.15, -0.1) is 0 Å². The van der Waals surface area contributed by atoms with E-state index in [-0.39, 0.29) is 0 Å². The third-order valence-corrected chi connectivity index (χ3v) is 3.02. The maximum absolute atomic E-state index is 4.93. The highest BCUT2D eigenvalue weighted by Crippen LogP contribution is 2.06. The van der Waals surface area contributed by atoms with Crippen molar-refractivity contribution in [3.63, 3.8) is 0 Å². The fourth-order valence-electron chi connectivity index (χ4n) is 0.348. The van der Waals surface area contributed by atoms with Crippen molar-refractivity contribution in [1.29, 1.82) is 0 Å². The van der Waals surface area contributed by atoms with Gasteiger partial charge in [0.25, 0.3) is 0 Å². The SMILES string of the molecule is [NH3+]SC(=S)CCC(=S)S[NH3+]. The van der Waals surface area contributed by atoms with Crippen molar-refractivity contribution in [3.8, 4) is 0 Å². The van der Waals surface area contributed by atoms with Gasteiger partial charge in [-0.05, 0) is 12.8 Å². The summed E-state index contributed by atoms with van der Waals surface area (Å²) in [7, 11) is 0. The molecule has 6 heteroatoms. The van der Waals surface area contributed by atoms with Gasteiger partial charge >= 0.3 is 0 Å². The summed E-state index contributed by atoms with van der Waals surface area (Å²) in [5.74, 6) is 0. The molecule has 0 aliphatic carbocycles. The summed E-state index contributed by atoms with van der Waals surface area (Å²) in [5.41, 5.74) is 0. The molecule has 6 N–H and O–H groups in total. The molecular formula is C4H10N2S4+2. The van der Waals surface area contributed by atoms with E-state index in [0.717, 1.165) is 21.2 Å². The fraction of sp³-hybridized carbons (Fsp3) is 0.500. The van der Waals surface area contributed by atoms with Crippen LogP contribution in [-0.2, 0) is 0 Å². The molecule has 0 unspecified atom stereocenters. The molecule has 0 aromatic carbocycles. The summed E-state index contributed by atoms with van der Waals surface area (Å²) in [4.78, 5) is 0. The first kappa shape index (κ1) is 10.8. The maximum atomic E-state index is 4.93. The molecule has 2 nitrogen and oxygen atoms in total. The van der Waals surface area contributed by atoms with Gasteiger partial charge in [-0.25, -0.2) is 0 Å². The van der Waals surface area contributed by atoms with Crippen LogP contribution in [-0.4, -0.2) is 8.39 Å². The Labute approximate surface area is 79.7 Å². The number of thiocarbonyl (C=S) groups is 2. The normalized spacial score (nSPS) is 9.40. The minimum atomic E-state index is 0.852. The van der Waals surface area contributed by atoms with Crippen LogP contribution in [0.15, 0.2) is 0 Å². The minimum Gasteiger partial charge on any atom is -0.291 e. The van der Waals surface area contributed by atoms with Crippen molar-refractivity contribution in [1.82, 2.24) is 0 Å². The van der Waals surface area contributed by atoms with Gasteiger partial charge in [-0.3, -0.25) is 10.3 Å². The van der Waals surface area contributed by atoms with Crippen LogP contribution >= 0.6 is 48.3 Å². The minimum absolute atomic E-state index is 0.852. The maximum Gasteiger partial charge on any atom is 0.114 e. The first-order valence-electron chi connectivity index (χ1n) is 2.60. The molecular weight excluding hydrogens is 204 g/mol. The number of quaternary nitrogens is 2. The summed E-state index contributed by atoms with van der Waals surface area (Å²) in [5, 5.41) is 7.20. The highest BCUT2D eigenvalue weighted by molar-refractivity contribution is 8.19. The van der Waals surface area contributed by atoms with Crippen molar-refractivity contribution in [2.24, 2.45) is 0 Å². The van der Waals surface area contributed by atoms with E-state index in [9.17, 15) is 0 Å². The smallest absolute Gasteiger partial charge is 0.114 e. The Morgan fingerprint density at radius 1 is 1.00 bits per heavy atom. The van der Waals surface area contributed by atoms with Crippen LogP contribution in [0, 0.1) is 0 Å². The molecule has 0 aliphatic rings. The Morgan fingerprint density at radius 2 is 1.30 bits per heavy atom. The summed E-state index contributed by atoms with van der Waals surface area (Å²) in [6, 6.07) is 0. The molecule has 0 aromatic rings. The van der Waals surface area contributed by atoms with Crippen LogP contribution < -0.4 is 10.3 Å². The highest BCUT2D eigenvalue weighted by atomic mass is 32.2. The molecule has 0 saturated heterocycles. The Morgan fingerprint density at radius 3 is 1.50 bits per heavy atom. The Bertz CT molecular complexity index is 119. The lowest BCUT2D eigenvalue weighted by atomic mass is 10.4. The van der Waals surface area contributed by atoms with Gasteiger partial charge < -0.3 is 0 Å². The van der Waals surface area contributed by atoms with E-state index in [0.29, 0.717) is 0 Å². The molecule has 0 rings (SSSR count). The fourth-order valence-corrected chi connectivity index (χ4v) is 1.05. The lowest BCUT2D eigenvalue weighted by molar-refractivity contribution is -0.134. The van der Waals surface area contributed by atoms with Gasteiger partial charge in [0, 0.05) is 0 Å². The van der Waals surface area contributed by atoms with E-state index in [1.165, 1.54) is 23.9 Å². The van der Waals surface area contributed by atoms with E-state index >= 15 is 0 Å². The van der Waals surface area contributed by atoms with Crippen LogP contribution in [0.25, 0.3) is 0 Å². The van der Waals surface area contributed by atoms with Crippen molar-refractivity contribution in [2.75, 3.05) is 0 Å². The topological polar surface area (TPSA) is 55.3 Å². The number of hydrogen-bond acceptors (Lipinski definition) is 4. The summed E-state index contributed by atoms with van der Waals surface area (Å²) in [6.45, 7) is 0. The molecule has 0 aromatic heterocycles. The van der Waals surface area contributed by atoms with Crippen LogP contribution in [0.5, 0.6) is 0 Å². The molecule has 58 valence electrons. The molecule has 0 fully saturated rings. The van der Waals surface area contributed by atoms with Gasteiger partial charge in [-0.1, -0.05) is 24.4 Å². The van der Waals surface area contributed by atoms with Crippen molar-refractivity contribution >= 4 is 56.7 Å². The first-order chi connectivity index (χ1) is 4.70. The second-order valence-corrected chi connectivity index (χ2v) is 4.60. The third-order valence-electron chi connectivity index (χ3n) is 0.855. The molecule has 0 heterocycles. The summed E-state index contributed by atoms with van der Waals surface area (Å²) >= 11 is 12.6. The first-order valence-corrected chi connectivity index (χ1v) is 5.39. The molecule has 0 atom stereocenters. The average molecular weight is 214 g/mol. The average Bonchev–Trinajstić information content (AvgIpc) is 1.99. The lowest BCUT2D eigenvalue weighted by Gasteiger charge is -1.93. The van der Waals surface area contributed by atoms with Gasteiger partial charge in [0.1, 0.15) is 32.3 Å². The molecule has 0 saturated carbocycles. The third kappa shape index (κ3) is 5.57. The quantitative estimate of drug-likeness (QED) is 0.521. The van der Waals surface area contributed by atoms with Crippen molar-refractivity contribution in [2.45, 2.75) is 12.8 Å². The second-order valence-electron chi connectivity index (χ2n) is 1.53. The van der Waals surface area contributed by atoms with E-state index in [1.54, 1.807) is 0 Å². The Balaban J connectivity index is 3.35. The largest absolute Gasteiger partial charge is 0.291 e. The van der Waals surface area contributed by atoms with Crippen molar-refractivity contribution < 1.29 is 10.3 Å². The van der Waals surface area contributed by atoms with E-state index < -0.39 is 0 Å². The molecule has 0 aliphatic heterocycles. The zero-order valence-corrected chi connectivity index (χ0v) is 8.73. The van der Waals surface area contributed by atoms with Crippen LogP contribution in [0.3, 0.4) is 0 Å². The van der Waals surface area contributed by atoms with Gasteiger partial charge in [0.2, 0.25) is 0 Å². The lowest BCUT2D eigenvalue weighted by Crippen LogP contribution is -2.39. The zero-order valence-electron chi connectivity index (χ0n) is 5.46. The molecule has 0 radical (unpaired) electrons. The second kappa shape index (κ2) is 6.51. The van der Waals surface area contributed by atoms with Gasteiger partial charge in [0.15, 0.2) is 0 Å². The molecule has 0 bridgehead atoms. The van der Waals surface area contributed by atoms with Crippen LogP contribution in [0.2, 0.25) is 0 Å². The Hall–Kier alpha value is 0.800. The van der Waals surface area contributed by atoms with E-state index in [4.69, 9.17) is 24.4 Å². The van der Waals surface area contributed by atoms with Gasteiger partial charge in [0.05, 0.1) is 0 Å². The predicted molar refractivity (Wildman–Crippen MR) is 55.4 cm³/mol. The van der Waals surface area contributed by atoms with E-state index in [1.807, 2.05) is 0 Å². The van der Waals surface area contributed by atoms with Crippen LogP contribution in [0.1, 0.15) is 12.8 Å². The van der Waals surface area contributed by atoms with Crippen molar-refractivity contribution in [3.05, 3.63) is 0 Å². The van der Waals surface area contributed by atoms with Gasteiger partial charge in [-0.2, -0.15) is 0 Å². The number of hydrogen-bond donors (Lipinski definition) is 2. The standard InChI is InChI=1S/C4H8N2S4/c5-9-3(7)1-2-4(8)10-6/h1-2,5-6H2/p+2. The zero-order chi connectivity index (χ0) is 7.98. The monoisotopic (exact) mass is 214 g/mol. The summed E-state index contributed by atoms with van der Waals surface area (Å²) < 4.78 is 1.83. The Kier molecular flexibility index (Phi) is 7.03. The van der Waals surface area contributed by atoms with E-state index in [2.05, 4.69) is 10.3 Å². The highest BCUT2D eigenvalue weighted by Gasteiger charge is 2.02. The molecule has 10 heavy (non-hydrogen) atoms. The summed E-state index contributed by atoms with van der Waals surface area (Å²) in [6.07, 6.45) is 1.70. The predicted octanol–water partition coefficient (Wildman–Crippen LogP) is 0.202.